The molecule has 0 bridgehead atoms. The molecule has 3 rings (SSSR count). The van der Waals surface area contributed by atoms with Crippen molar-refractivity contribution in [1.82, 2.24) is 4.90 Å². The van der Waals surface area contributed by atoms with Crippen LogP contribution in [0.2, 0.25) is 0 Å². The lowest BCUT2D eigenvalue weighted by Gasteiger charge is -2.16. The largest absolute Gasteiger partial charge is 0.481 e. The fraction of sp³-hybridized carbons (Fsp3) is 0.529. The topological polar surface area (TPSA) is 91.8 Å². The first-order chi connectivity index (χ1) is 11.4. The summed E-state index contributed by atoms with van der Waals surface area (Å²) in [5.74, 6) is -1.65. The van der Waals surface area contributed by atoms with Crippen molar-refractivity contribution in [2.24, 2.45) is 5.92 Å². The Bertz CT molecular complexity index is 735. The van der Waals surface area contributed by atoms with E-state index < -0.39 is 21.7 Å². The minimum atomic E-state index is -3.32. The van der Waals surface area contributed by atoms with Crippen LogP contribution in [-0.4, -0.2) is 48.6 Å². The van der Waals surface area contributed by atoms with Crippen LogP contribution in [0, 0.1) is 5.92 Å². The van der Waals surface area contributed by atoms with Crippen molar-refractivity contribution in [1.29, 1.82) is 0 Å². The second-order valence-electron chi connectivity index (χ2n) is 6.55. The molecule has 1 amide bonds. The van der Waals surface area contributed by atoms with Gasteiger partial charge in [-0.2, -0.15) is 0 Å². The van der Waals surface area contributed by atoms with E-state index in [2.05, 4.69) is 0 Å². The van der Waals surface area contributed by atoms with E-state index in [4.69, 9.17) is 5.11 Å². The molecule has 0 spiro atoms. The average Bonchev–Trinajstić information content (AvgIpc) is 3.26. The molecule has 2 fully saturated rings. The van der Waals surface area contributed by atoms with Gasteiger partial charge >= 0.3 is 5.97 Å². The first kappa shape index (κ1) is 17.0. The molecule has 1 saturated carbocycles. The van der Waals surface area contributed by atoms with Gasteiger partial charge in [0.2, 0.25) is 0 Å². The van der Waals surface area contributed by atoms with E-state index in [1.165, 1.54) is 29.2 Å². The molecule has 1 aromatic rings. The Labute approximate surface area is 141 Å². The molecule has 0 radical (unpaired) electrons. The molecule has 1 aromatic carbocycles. The molecule has 7 heteroatoms. The number of nitrogens with zero attached hydrogens (tertiary/aromatic N) is 1. The fourth-order valence-corrected chi connectivity index (χ4v) is 5.36. The molecule has 24 heavy (non-hydrogen) atoms. The van der Waals surface area contributed by atoms with Crippen LogP contribution in [0.15, 0.2) is 29.2 Å². The smallest absolute Gasteiger partial charge is 0.308 e. The zero-order valence-corrected chi connectivity index (χ0v) is 14.2. The Hall–Kier alpha value is -1.89. The number of amides is 1. The summed E-state index contributed by atoms with van der Waals surface area (Å²) in [5, 5.41) is 8.70. The molecule has 130 valence electrons. The van der Waals surface area contributed by atoms with Gasteiger partial charge < -0.3 is 10.0 Å². The van der Waals surface area contributed by atoms with Crippen molar-refractivity contribution >= 4 is 21.7 Å². The number of hydrogen-bond donors (Lipinski definition) is 1. The number of carbonyl (C=O) groups is 2. The summed E-state index contributed by atoms with van der Waals surface area (Å²) in [6, 6.07) is 6.04. The van der Waals surface area contributed by atoms with Crippen molar-refractivity contribution in [2.45, 2.75) is 42.2 Å². The summed E-state index contributed by atoms with van der Waals surface area (Å²) >= 11 is 0. The number of rotatable bonds is 4. The number of sulfone groups is 1. The number of hydrogen-bond acceptors (Lipinski definition) is 4. The van der Waals surface area contributed by atoms with Gasteiger partial charge in [0.25, 0.3) is 5.91 Å². The molecule has 1 heterocycles. The van der Waals surface area contributed by atoms with Gasteiger partial charge in [0.15, 0.2) is 9.84 Å². The van der Waals surface area contributed by atoms with Crippen LogP contribution in [0.1, 0.15) is 42.5 Å². The highest BCUT2D eigenvalue weighted by Crippen LogP contribution is 2.30. The normalized spacial score (nSPS) is 22.0. The minimum Gasteiger partial charge on any atom is -0.481 e. The van der Waals surface area contributed by atoms with Gasteiger partial charge in [-0.25, -0.2) is 8.42 Å². The molecular formula is C17H21NO5S. The maximum atomic E-state index is 12.5. The second kappa shape index (κ2) is 6.55. The monoisotopic (exact) mass is 351 g/mol. The first-order valence-corrected chi connectivity index (χ1v) is 9.80. The van der Waals surface area contributed by atoms with E-state index in [9.17, 15) is 18.0 Å². The minimum absolute atomic E-state index is 0.205. The summed E-state index contributed by atoms with van der Waals surface area (Å²) in [6.45, 7) is 0.619. The number of aliphatic carboxylic acids is 1. The Morgan fingerprint density at radius 2 is 1.67 bits per heavy atom. The Morgan fingerprint density at radius 3 is 2.21 bits per heavy atom. The summed E-state index contributed by atoms with van der Waals surface area (Å²) in [4.78, 5) is 25.2. The maximum absolute atomic E-state index is 12.5. The van der Waals surface area contributed by atoms with Gasteiger partial charge in [-0.3, -0.25) is 9.59 Å². The Kier molecular flexibility index (Phi) is 4.62. The van der Waals surface area contributed by atoms with E-state index in [1.54, 1.807) is 0 Å². The van der Waals surface area contributed by atoms with E-state index >= 15 is 0 Å². The van der Waals surface area contributed by atoms with Crippen LogP contribution >= 0.6 is 0 Å². The van der Waals surface area contributed by atoms with Crippen LogP contribution in [0.5, 0.6) is 0 Å². The Morgan fingerprint density at radius 1 is 1.04 bits per heavy atom. The zero-order valence-electron chi connectivity index (χ0n) is 13.3. The molecule has 1 aliphatic carbocycles. The number of carbonyl (C=O) groups excluding carboxylic acids is 1. The zero-order chi connectivity index (χ0) is 17.3. The third kappa shape index (κ3) is 3.17. The molecule has 2 aliphatic rings. The van der Waals surface area contributed by atoms with Crippen molar-refractivity contribution in [3.05, 3.63) is 29.8 Å². The van der Waals surface area contributed by atoms with Crippen LogP contribution in [0.3, 0.4) is 0 Å². The maximum Gasteiger partial charge on any atom is 0.308 e. The highest BCUT2D eigenvalue weighted by atomic mass is 32.2. The standard InChI is InChI=1S/C17H21NO5S/c19-16(18-10-9-13(11-18)17(20)21)12-5-7-15(8-6-12)24(22,23)14-3-1-2-4-14/h5-8,13-14H,1-4,9-11H2,(H,20,21)/t13-/m1/s1. The SMILES string of the molecule is O=C(O)[C@@H]1CCN(C(=O)c2ccc(S(=O)(=O)C3CCCC3)cc2)C1. The van der Waals surface area contributed by atoms with Crippen LogP contribution in [0.25, 0.3) is 0 Å². The molecular weight excluding hydrogens is 330 g/mol. The number of carboxylic acids is 1. The lowest BCUT2D eigenvalue weighted by Crippen LogP contribution is -2.30. The van der Waals surface area contributed by atoms with E-state index in [1.807, 2.05) is 0 Å². The van der Waals surface area contributed by atoms with Gasteiger partial charge in [0.05, 0.1) is 16.1 Å². The van der Waals surface area contributed by atoms with Gasteiger partial charge in [0.1, 0.15) is 0 Å². The summed E-state index contributed by atoms with van der Waals surface area (Å²) in [6.07, 6.45) is 3.75. The van der Waals surface area contributed by atoms with Crippen LogP contribution in [0.4, 0.5) is 0 Å². The highest BCUT2D eigenvalue weighted by Gasteiger charge is 2.32. The highest BCUT2D eigenvalue weighted by molar-refractivity contribution is 7.92. The molecule has 6 nitrogen and oxygen atoms in total. The summed E-state index contributed by atoms with van der Waals surface area (Å²) in [7, 11) is -3.32. The predicted octanol–water partition coefficient (Wildman–Crippen LogP) is 1.95. The molecule has 0 unspecified atom stereocenters. The molecule has 1 saturated heterocycles. The van der Waals surface area contributed by atoms with Crippen LogP contribution < -0.4 is 0 Å². The van der Waals surface area contributed by atoms with Crippen molar-refractivity contribution < 1.29 is 23.1 Å². The predicted molar refractivity (Wildman–Crippen MR) is 87.5 cm³/mol. The first-order valence-electron chi connectivity index (χ1n) is 8.25. The second-order valence-corrected chi connectivity index (χ2v) is 8.78. The van der Waals surface area contributed by atoms with Crippen molar-refractivity contribution in [3.63, 3.8) is 0 Å². The molecule has 1 N–H and O–H groups in total. The van der Waals surface area contributed by atoms with Gasteiger partial charge in [0, 0.05) is 18.7 Å². The van der Waals surface area contributed by atoms with Gasteiger partial charge in [-0.05, 0) is 43.5 Å². The number of benzene rings is 1. The van der Waals surface area contributed by atoms with Crippen LogP contribution in [-0.2, 0) is 14.6 Å². The van der Waals surface area contributed by atoms with Gasteiger partial charge in [-0.15, -0.1) is 0 Å². The van der Waals surface area contributed by atoms with E-state index in [0.717, 1.165) is 12.8 Å². The third-order valence-electron chi connectivity index (χ3n) is 5.00. The molecule has 1 atom stereocenters. The Balaban J connectivity index is 1.73. The van der Waals surface area contributed by atoms with E-state index in [-0.39, 0.29) is 22.6 Å². The molecule has 1 aliphatic heterocycles. The average molecular weight is 351 g/mol. The third-order valence-corrected chi connectivity index (χ3v) is 7.27. The van der Waals surface area contributed by atoms with Crippen molar-refractivity contribution in [3.8, 4) is 0 Å². The quantitative estimate of drug-likeness (QED) is 0.895. The summed E-state index contributed by atoms with van der Waals surface area (Å²) in [5.41, 5.74) is 0.395. The van der Waals surface area contributed by atoms with Gasteiger partial charge in [-0.1, -0.05) is 12.8 Å². The summed E-state index contributed by atoms with van der Waals surface area (Å²) < 4.78 is 25.1. The molecule has 0 aromatic heterocycles. The lowest BCUT2D eigenvalue weighted by molar-refractivity contribution is -0.141. The fourth-order valence-electron chi connectivity index (χ4n) is 3.51. The van der Waals surface area contributed by atoms with E-state index in [0.29, 0.717) is 31.4 Å². The lowest BCUT2D eigenvalue weighted by atomic mass is 10.1. The van der Waals surface area contributed by atoms with Crippen molar-refractivity contribution in [2.75, 3.05) is 13.1 Å². The number of likely N-dealkylation sites (tertiary alicyclic amines) is 1. The number of carboxylic acid groups (broad SMARTS) is 1.